The van der Waals surface area contributed by atoms with E-state index in [-0.39, 0.29) is 40.2 Å². The molecule has 2 aliphatic carbocycles. The zero-order valence-electron chi connectivity index (χ0n) is 41.8. The lowest BCUT2D eigenvalue weighted by Crippen LogP contribution is -2.62. The van der Waals surface area contributed by atoms with Gasteiger partial charge in [0.25, 0.3) is 0 Å². The summed E-state index contributed by atoms with van der Waals surface area (Å²) in [7, 11) is 0. The molecule has 66 heavy (non-hydrogen) atoms. The highest BCUT2D eigenvalue weighted by Crippen LogP contribution is 2.57. The summed E-state index contributed by atoms with van der Waals surface area (Å²) in [4.78, 5) is 6.91. The van der Waals surface area contributed by atoms with Crippen LogP contribution in [-0.4, -0.2) is 12.8 Å². The summed E-state index contributed by atoms with van der Waals surface area (Å²) >= 11 is 4.08. The second kappa shape index (κ2) is 14.8. The van der Waals surface area contributed by atoms with Crippen molar-refractivity contribution in [2.24, 2.45) is 0 Å². The molecule has 4 heterocycles. The first-order valence-corrected chi connectivity index (χ1v) is 26.2. The van der Waals surface area contributed by atoms with Gasteiger partial charge in [-0.15, -0.1) is 22.7 Å². The van der Waals surface area contributed by atoms with Gasteiger partial charge >= 0.3 is 0 Å². The van der Waals surface area contributed by atoms with Crippen molar-refractivity contribution in [2.75, 3.05) is 9.80 Å². The third-order valence-electron chi connectivity index (χ3n) is 16.0. The van der Waals surface area contributed by atoms with Crippen LogP contribution < -0.4 is 20.0 Å². The van der Waals surface area contributed by atoms with Gasteiger partial charge in [-0.3, -0.25) is 0 Å². The first-order valence-electron chi connectivity index (χ1n) is 24.6. The second-order valence-corrected chi connectivity index (χ2v) is 26.1. The smallest absolute Gasteiger partial charge is 0.239 e. The van der Waals surface area contributed by atoms with Crippen molar-refractivity contribution < 1.29 is 0 Å². The van der Waals surface area contributed by atoms with Crippen LogP contribution in [0.3, 0.4) is 0 Å². The van der Waals surface area contributed by atoms with Crippen molar-refractivity contribution in [3.8, 4) is 10.4 Å². The maximum atomic E-state index is 2.79. The van der Waals surface area contributed by atoms with Gasteiger partial charge < -0.3 is 9.80 Å². The minimum absolute atomic E-state index is 0.0548. The number of anilines is 4. The molecule has 0 radical (unpaired) electrons. The fourth-order valence-corrected chi connectivity index (χ4v) is 15.0. The Morgan fingerprint density at radius 1 is 0.682 bits per heavy atom. The third-order valence-corrected chi connectivity index (χ3v) is 18.4. The van der Waals surface area contributed by atoms with E-state index in [2.05, 4.69) is 227 Å². The third kappa shape index (κ3) is 6.68. The number of thiophene rings is 2. The maximum Gasteiger partial charge on any atom is 0.239 e. The monoisotopic (exact) mass is 902 g/mol. The lowest BCUT2D eigenvalue weighted by Gasteiger charge is -2.52. The van der Waals surface area contributed by atoms with Crippen LogP contribution in [0.1, 0.15) is 142 Å². The molecule has 5 aromatic carbocycles. The minimum atomic E-state index is 0.0548. The predicted molar refractivity (Wildman–Crippen MR) is 292 cm³/mol. The lowest BCUT2D eigenvalue weighted by atomic mass is 9.30. The molecule has 0 fully saturated rings. The SMILES string of the molecule is CC1=CC2C3B(c4cc5sc(-c6ccccc6)c(C(C)C)c5cc4N(c4ccc(C(C)(C)C)cc4C)C3=C1)c1sc3cc4c(cc3c1N2c1ccc(C(C)(C)C)cc1)C(C)(C)CCC4(C)C. The molecule has 0 spiro atoms. The molecular formula is C61H67BN2S2. The van der Waals surface area contributed by atoms with Crippen molar-refractivity contribution in [2.45, 2.75) is 149 Å². The van der Waals surface area contributed by atoms with Gasteiger partial charge in [0, 0.05) is 53.0 Å². The van der Waals surface area contributed by atoms with Crippen LogP contribution in [0.15, 0.2) is 120 Å². The van der Waals surface area contributed by atoms with E-state index < -0.39 is 0 Å². The summed E-state index contributed by atoms with van der Waals surface area (Å²) in [6.45, 7) is 33.5. The van der Waals surface area contributed by atoms with E-state index in [0.717, 1.165) is 0 Å². The summed E-state index contributed by atoms with van der Waals surface area (Å²) in [5, 5.41) is 2.81. The van der Waals surface area contributed by atoms with Gasteiger partial charge in [-0.25, -0.2) is 0 Å². The van der Waals surface area contributed by atoms with Crippen LogP contribution in [0, 0.1) is 6.92 Å². The van der Waals surface area contributed by atoms with Gasteiger partial charge in [0.2, 0.25) is 6.71 Å². The molecular weight excluding hydrogens is 836 g/mol. The Morgan fingerprint density at radius 3 is 1.95 bits per heavy atom. The molecule has 0 saturated carbocycles. The summed E-state index contributed by atoms with van der Waals surface area (Å²) in [6.07, 6.45) is 7.57. The van der Waals surface area contributed by atoms with Crippen LogP contribution in [0.5, 0.6) is 0 Å². The van der Waals surface area contributed by atoms with Crippen molar-refractivity contribution in [3.05, 3.63) is 154 Å². The van der Waals surface area contributed by atoms with Crippen LogP contribution in [0.25, 0.3) is 30.6 Å². The highest BCUT2D eigenvalue weighted by Gasteiger charge is 2.54. The van der Waals surface area contributed by atoms with Crippen molar-refractivity contribution >= 4 is 82.5 Å². The van der Waals surface area contributed by atoms with Gasteiger partial charge in [-0.05, 0) is 153 Å². The molecule has 4 aliphatic rings. The Bertz CT molecular complexity index is 3180. The molecule has 2 unspecified atom stereocenters. The second-order valence-electron chi connectivity index (χ2n) is 24.0. The van der Waals surface area contributed by atoms with Crippen LogP contribution in [0.4, 0.5) is 22.7 Å². The number of aryl methyl sites for hydroxylation is 1. The molecule has 0 N–H and O–H groups in total. The molecule has 0 amide bonds. The number of hydrogen-bond donors (Lipinski definition) is 0. The molecule has 7 aromatic rings. The number of benzene rings is 5. The van der Waals surface area contributed by atoms with E-state index in [1.54, 1.807) is 5.56 Å². The average molecular weight is 903 g/mol. The zero-order chi connectivity index (χ0) is 46.6. The van der Waals surface area contributed by atoms with E-state index >= 15 is 0 Å². The number of allylic oxidation sites excluding steroid dienone is 2. The lowest BCUT2D eigenvalue weighted by molar-refractivity contribution is 0.332. The first kappa shape index (κ1) is 43.7. The molecule has 5 heteroatoms. The van der Waals surface area contributed by atoms with E-state index in [1.807, 2.05) is 11.3 Å². The van der Waals surface area contributed by atoms with E-state index in [1.165, 1.54) is 116 Å². The Hall–Kier alpha value is -4.84. The van der Waals surface area contributed by atoms with Crippen molar-refractivity contribution in [1.82, 2.24) is 0 Å². The topological polar surface area (TPSA) is 6.48 Å². The van der Waals surface area contributed by atoms with Crippen LogP contribution in [0.2, 0.25) is 5.82 Å². The molecule has 336 valence electrons. The molecule has 2 atom stereocenters. The fraction of sp³-hybridized carbons (Fsp3) is 0.377. The van der Waals surface area contributed by atoms with Gasteiger partial charge in [0.15, 0.2) is 0 Å². The molecule has 2 aromatic heterocycles. The molecule has 0 saturated heterocycles. The van der Waals surface area contributed by atoms with Gasteiger partial charge in [-0.1, -0.05) is 149 Å². The Labute approximate surface area is 403 Å². The Balaban J connectivity index is 1.25. The van der Waals surface area contributed by atoms with Crippen LogP contribution >= 0.6 is 22.7 Å². The highest BCUT2D eigenvalue weighted by atomic mass is 32.1. The number of fused-ring (bicyclic) bond motifs is 8. The van der Waals surface area contributed by atoms with Gasteiger partial charge in [-0.2, -0.15) is 0 Å². The predicted octanol–water partition coefficient (Wildman–Crippen LogP) is 16.7. The first-order chi connectivity index (χ1) is 31.1. The standard InChI is InChI=1S/C61H67BN2S2/c1-35(2)53-42-32-48-46(34-52(42)65-56(53)38-18-16-15-17-19-38)62-54-49(28-36(3)29-50(54)64(48)47-25-22-40(30-37(47)4)59(8,9)10)63(41-23-20-39(21-24-41)58(5,6)7)55-43-31-44-45(33-51(43)66-57(55)62)61(13,14)27-26-60(44,11)12/h15-25,28-35,49,54H,26-27H2,1-14H3. The number of rotatable bonds is 4. The highest BCUT2D eigenvalue weighted by molar-refractivity contribution is 7.32. The van der Waals surface area contributed by atoms with E-state index in [4.69, 9.17) is 0 Å². The maximum absolute atomic E-state index is 2.79. The molecule has 2 aliphatic heterocycles. The van der Waals surface area contributed by atoms with E-state index in [9.17, 15) is 0 Å². The Kier molecular flexibility index (Phi) is 9.82. The molecule has 11 rings (SSSR count). The summed E-state index contributed by atoms with van der Waals surface area (Å²) in [5.74, 6) is 0.554. The zero-order valence-corrected chi connectivity index (χ0v) is 43.5. The number of nitrogens with zero attached hydrogens (tertiary/aromatic N) is 2. The van der Waals surface area contributed by atoms with Gasteiger partial charge in [0.1, 0.15) is 0 Å². The quantitative estimate of drug-likeness (QED) is 0.162. The molecule has 0 bridgehead atoms. The number of hydrogen-bond acceptors (Lipinski definition) is 4. The normalized spacial score (nSPS) is 19.7. The fourth-order valence-electron chi connectivity index (χ4n) is 12.2. The van der Waals surface area contributed by atoms with E-state index in [0.29, 0.717) is 5.92 Å². The Morgan fingerprint density at radius 2 is 1.32 bits per heavy atom. The summed E-state index contributed by atoms with van der Waals surface area (Å²) in [5.41, 5.74) is 19.8. The molecule has 2 nitrogen and oxygen atoms in total. The van der Waals surface area contributed by atoms with Gasteiger partial charge in [0.05, 0.1) is 11.7 Å². The average Bonchev–Trinajstić information content (AvgIpc) is 3.82. The largest absolute Gasteiger partial charge is 0.334 e. The summed E-state index contributed by atoms with van der Waals surface area (Å²) in [6, 6.07) is 38.8. The van der Waals surface area contributed by atoms with Crippen molar-refractivity contribution in [3.63, 3.8) is 0 Å². The van der Waals surface area contributed by atoms with Crippen LogP contribution in [-0.2, 0) is 21.7 Å². The minimum Gasteiger partial charge on any atom is -0.334 e. The van der Waals surface area contributed by atoms with Crippen molar-refractivity contribution in [1.29, 1.82) is 0 Å². The summed E-state index contributed by atoms with van der Waals surface area (Å²) < 4.78 is 4.32.